The Morgan fingerprint density at radius 1 is 1.26 bits per heavy atom. The Balaban J connectivity index is 0.000000212. The van der Waals surface area contributed by atoms with Gasteiger partial charge in [-0.2, -0.15) is 11.8 Å². The summed E-state index contributed by atoms with van der Waals surface area (Å²) in [5, 5.41) is 16.2. The molecule has 1 aromatic rings. The molecule has 31 heavy (non-hydrogen) atoms. The number of ether oxygens (including phenoxy) is 1. The Kier molecular flexibility index (Phi) is 6.70. The molecule has 0 amide bonds. The molecule has 5 rings (SSSR count). The van der Waals surface area contributed by atoms with Crippen LogP contribution in [0.25, 0.3) is 11.8 Å². The quantitative estimate of drug-likeness (QED) is 0.520. The smallest absolute Gasteiger partial charge is 0.305 e. The molecule has 0 spiro atoms. The number of carbonyl (C=O) groups is 1. The van der Waals surface area contributed by atoms with Crippen molar-refractivity contribution in [1.29, 1.82) is 0 Å². The molecule has 1 aliphatic carbocycles. The molecular weight excluding hydrogens is 408 g/mol. The van der Waals surface area contributed by atoms with Crippen molar-refractivity contribution in [2.24, 2.45) is 0 Å². The molecule has 7 heteroatoms. The number of thioether (sulfide) groups is 1. The Labute approximate surface area is 189 Å². The van der Waals surface area contributed by atoms with E-state index >= 15 is 0 Å². The van der Waals surface area contributed by atoms with Gasteiger partial charge in [-0.3, -0.25) is 4.79 Å². The van der Waals surface area contributed by atoms with Gasteiger partial charge in [0.05, 0.1) is 17.9 Å². The molecule has 0 aromatic heterocycles. The first-order valence-corrected chi connectivity index (χ1v) is 12.5. The van der Waals surface area contributed by atoms with Gasteiger partial charge in [0.2, 0.25) is 0 Å². The molecule has 3 aliphatic heterocycles. The van der Waals surface area contributed by atoms with Crippen molar-refractivity contribution in [2.45, 2.75) is 63.7 Å². The first-order valence-electron chi connectivity index (χ1n) is 11.3. The molecule has 3 unspecified atom stereocenters. The fourth-order valence-corrected chi connectivity index (χ4v) is 5.76. The fourth-order valence-electron chi connectivity index (χ4n) is 4.48. The summed E-state index contributed by atoms with van der Waals surface area (Å²) in [6.45, 7) is 8.25. The zero-order valence-electron chi connectivity index (χ0n) is 18.6. The number of anilines is 1. The number of hydrogen-bond donors (Lipinski definition) is 4. The van der Waals surface area contributed by atoms with Gasteiger partial charge in [0.15, 0.2) is 0 Å². The van der Waals surface area contributed by atoms with E-state index in [-0.39, 0.29) is 5.97 Å². The van der Waals surface area contributed by atoms with Gasteiger partial charge in [-0.25, -0.2) is 0 Å². The number of fused-ring (bicyclic) bond motifs is 1. The molecule has 2 saturated heterocycles. The molecule has 4 N–H and O–H groups in total. The summed E-state index contributed by atoms with van der Waals surface area (Å²) in [4.78, 5) is 11.8. The third-order valence-corrected chi connectivity index (χ3v) is 7.24. The number of hydrogen-bond acceptors (Lipinski definition) is 7. The summed E-state index contributed by atoms with van der Waals surface area (Å²) in [6, 6.07) is 7.62. The maximum absolute atomic E-state index is 11.8. The molecule has 0 saturated carbocycles. The van der Waals surface area contributed by atoms with Crippen molar-refractivity contribution in [1.82, 2.24) is 16.0 Å². The molecule has 0 bridgehead atoms. The van der Waals surface area contributed by atoms with Crippen molar-refractivity contribution in [3.8, 4) is 0 Å². The van der Waals surface area contributed by atoms with Crippen molar-refractivity contribution >= 4 is 35.2 Å². The normalized spacial score (nSPS) is 27.2. The Hall–Kier alpha value is -2.28. The minimum Gasteiger partial charge on any atom is -0.461 e. The van der Waals surface area contributed by atoms with E-state index in [1.165, 1.54) is 27.6 Å². The SMILES string of the molecule is C=C1NC2CSCC2N1.CCCCC(=O)OCC1(C)NC2=c3c(cccc3=CCC2)N1. The predicted molar refractivity (Wildman–Crippen MR) is 129 cm³/mol. The van der Waals surface area contributed by atoms with Crippen LogP contribution in [0, 0.1) is 0 Å². The highest BCUT2D eigenvalue weighted by atomic mass is 32.2. The Morgan fingerprint density at radius 3 is 2.77 bits per heavy atom. The Bertz CT molecular complexity index is 949. The first-order chi connectivity index (χ1) is 15.0. The molecule has 3 heterocycles. The van der Waals surface area contributed by atoms with Crippen molar-refractivity contribution in [3.05, 3.63) is 41.0 Å². The minimum absolute atomic E-state index is 0.117. The maximum Gasteiger partial charge on any atom is 0.305 e. The van der Waals surface area contributed by atoms with Crippen LogP contribution in [0.1, 0.15) is 46.0 Å². The molecular formula is C24H34N4O2S. The maximum atomic E-state index is 11.8. The molecule has 4 aliphatic rings. The van der Waals surface area contributed by atoms with Gasteiger partial charge < -0.3 is 26.0 Å². The number of carbonyl (C=O) groups excluding carboxylic acids is 1. The van der Waals surface area contributed by atoms with Crippen LogP contribution in [0.5, 0.6) is 0 Å². The van der Waals surface area contributed by atoms with Crippen LogP contribution in [0.3, 0.4) is 0 Å². The van der Waals surface area contributed by atoms with E-state index in [2.05, 4.69) is 59.0 Å². The summed E-state index contributed by atoms with van der Waals surface area (Å²) in [5.74, 6) is 3.35. The predicted octanol–water partition coefficient (Wildman–Crippen LogP) is 1.97. The van der Waals surface area contributed by atoms with Crippen LogP contribution in [0.4, 0.5) is 5.69 Å². The third-order valence-electron chi connectivity index (χ3n) is 6.05. The van der Waals surface area contributed by atoms with Gasteiger partial charge in [0, 0.05) is 34.5 Å². The number of unbranched alkanes of at least 4 members (excludes halogenated alkanes) is 1. The molecule has 168 valence electrons. The number of benzene rings is 1. The first kappa shape index (κ1) is 21.9. The number of rotatable bonds is 5. The lowest BCUT2D eigenvalue weighted by Crippen LogP contribution is -2.59. The monoisotopic (exact) mass is 442 g/mol. The van der Waals surface area contributed by atoms with Gasteiger partial charge in [-0.15, -0.1) is 0 Å². The van der Waals surface area contributed by atoms with Crippen LogP contribution in [-0.2, 0) is 9.53 Å². The second-order valence-corrected chi connectivity index (χ2v) is 9.93. The Morgan fingerprint density at radius 2 is 2.03 bits per heavy atom. The van der Waals surface area contributed by atoms with Crippen molar-refractivity contribution in [3.63, 3.8) is 0 Å². The van der Waals surface area contributed by atoms with Crippen LogP contribution in [0.15, 0.2) is 30.6 Å². The number of esters is 1. The van der Waals surface area contributed by atoms with E-state index in [1.807, 2.05) is 18.7 Å². The van der Waals surface area contributed by atoms with Crippen molar-refractivity contribution in [2.75, 3.05) is 23.4 Å². The average molecular weight is 443 g/mol. The van der Waals surface area contributed by atoms with E-state index in [4.69, 9.17) is 4.74 Å². The summed E-state index contributed by atoms with van der Waals surface area (Å²) in [6.07, 6.45) is 6.72. The van der Waals surface area contributed by atoms with E-state index < -0.39 is 5.66 Å². The van der Waals surface area contributed by atoms with Crippen LogP contribution < -0.4 is 31.7 Å². The summed E-state index contributed by atoms with van der Waals surface area (Å²) in [7, 11) is 0. The highest BCUT2D eigenvalue weighted by Crippen LogP contribution is 2.23. The highest BCUT2D eigenvalue weighted by Gasteiger charge is 2.33. The molecule has 1 aromatic carbocycles. The zero-order valence-corrected chi connectivity index (χ0v) is 19.4. The zero-order chi connectivity index (χ0) is 21.8. The lowest BCUT2D eigenvalue weighted by molar-refractivity contribution is -0.145. The van der Waals surface area contributed by atoms with E-state index in [1.54, 1.807) is 0 Å². The largest absolute Gasteiger partial charge is 0.461 e. The third kappa shape index (κ3) is 5.14. The second kappa shape index (κ2) is 9.47. The van der Waals surface area contributed by atoms with Gasteiger partial charge >= 0.3 is 5.97 Å². The van der Waals surface area contributed by atoms with Crippen LogP contribution in [-0.4, -0.2) is 41.8 Å². The van der Waals surface area contributed by atoms with Gasteiger partial charge in [-0.05, 0) is 37.5 Å². The van der Waals surface area contributed by atoms with Crippen LogP contribution in [0.2, 0.25) is 0 Å². The topological polar surface area (TPSA) is 74.4 Å². The highest BCUT2D eigenvalue weighted by molar-refractivity contribution is 7.99. The fraction of sp³-hybridized carbons (Fsp3) is 0.542. The lowest BCUT2D eigenvalue weighted by Gasteiger charge is -2.39. The summed E-state index contributed by atoms with van der Waals surface area (Å²) >= 11 is 2.00. The van der Waals surface area contributed by atoms with Gasteiger partial charge in [0.25, 0.3) is 0 Å². The standard InChI is InChI=1S/C18H24N2O2.C6H10N2S/c1-3-4-11-16(21)22-12-18(2)19-14-9-5-7-13-8-6-10-15(20-18)17(13)14;1-4-7-5-2-9-3-6(5)8-4/h5,7-9,19-20H,3-4,6,10-12H2,1-2H3;5-8H,1-3H2. The van der Waals surface area contributed by atoms with Gasteiger partial charge in [0.1, 0.15) is 12.3 Å². The molecule has 6 nitrogen and oxygen atoms in total. The van der Waals surface area contributed by atoms with Gasteiger partial charge in [-0.1, -0.05) is 38.1 Å². The van der Waals surface area contributed by atoms with E-state index in [9.17, 15) is 4.79 Å². The second-order valence-electron chi connectivity index (χ2n) is 8.86. The minimum atomic E-state index is -0.444. The van der Waals surface area contributed by atoms with E-state index in [0.717, 1.165) is 37.2 Å². The summed E-state index contributed by atoms with van der Waals surface area (Å²) < 4.78 is 5.46. The summed E-state index contributed by atoms with van der Waals surface area (Å²) in [5.41, 5.74) is 1.92. The number of nitrogens with one attached hydrogen (secondary N) is 4. The average Bonchev–Trinajstić information content (AvgIpc) is 3.32. The molecule has 0 radical (unpaired) electrons. The molecule has 3 atom stereocenters. The van der Waals surface area contributed by atoms with E-state index in [0.29, 0.717) is 25.1 Å². The lowest BCUT2D eigenvalue weighted by atomic mass is 9.98. The van der Waals surface area contributed by atoms with Crippen molar-refractivity contribution < 1.29 is 9.53 Å². The van der Waals surface area contributed by atoms with Crippen LogP contribution >= 0.6 is 11.8 Å². The molecule has 2 fully saturated rings.